The van der Waals surface area contributed by atoms with Crippen molar-refractivity contribution in [3.63, 3.8) is 0 Å². The first kappa shape index (κ1) is 19.3. The van der Waals surface area contributed by atoms with Crippen molar-refractivity contribution in [3.05, 3.63) is 92.9 Å². The SMILES string of the molecule is Clc1ccc(Br)cc1Cc1ccc2c(c1)OC(COCc1ccccc1)CO2. The van der Waals surface area contributed by atoms with Crippen molar-refractivity contribution >= 4 is 27.5 Å². The van der Waals surface area contributed by atoms with Gasteiger partial charge in [0.25, 0.3) is 0 Å². The Morgan fingerprint density at radius 2 is 1.82 bits per heavy atom. The van der Waals surface area contributed by atoms with Crippen molar-refractivity contribution < 1.29 is 14.2 Å². The molecule has 0 amide bonds. The highest BCUT2D eigenvalue weighted by Crippen LogP contribution is 2.34. The number of hydrogen-bond acceptors (Lipinski definition) is 3. The van der Waals surface area contributed by atoms with Gasteiger partial charge in [-0.2, -0.15) is 0 Å². The molecule has 5 heteroatoms. The van der Waals surface area contributed by atoms with Gasteiger partial charge in [-0.15, -0.1) is 0 Å². The largest absolute Gasteiger partial charge is 0.486 e. The van der Waals surface area contributed by atoms with E-state index in [1.165, 1.54) is 0 Å². The second kappa shape index (κ2) is 8.99. The standard InChI is InChI=1S/C23H20BrClO3/c24-19-7-8-21(25)18(12-19)10-17-6-9-22-23(11-17)28-20(15-27-22)14-26-13-16-4-2-1-3-5-16/h1-9,11-12,20H,10,13-15H2. The van der Waals surface area contributed by atoms with Crippen LogP contribution in [-0.2, 0) is 17.8 Å². The van der Waals surface area contributed by atoms with Gasteiger partial charge in [0.05, 0.1) is 13.2 Å². The molecule has 0 spiro atoms. The number of rotatable bonds is 6. The summed E-state index contributed by atoms with van der Waals surface area (Å²) in [5.74, 6) is 1.52. The van der Waals surface area contributed by atoms with Gasteiger partial charge in [-0.1, -0.05) is 63.9 Å². The fraction of sp³-hybridized carbons (Fsp3) is 0.217. The van der Waals surface area contributed by atoms with Gasteiger partial charge in [0, 0.05) is 9.50 Å². The van der Waals surface area contributed by atoms with Gasteiger partial charge < -0.3 is 14.2 Å². The van der Waals surface area contributed by atoms with Crippen molar-refractivity contribution in [2.45, 2.75) is 19.1 Å². The zero-order valence-corrected chi connectivity index (χ0v) is 17.6. The third-order valence-corrected chi connectivity index (χ3v) is 5.41. The van der Waals surface area contributed by atoms with Crippen LogP contribution in [0.5, 0.6) is 11.5 Å². The van der Waals surface area contributed by atoms with Crippen molar-refractivity contribution in [2.75, 3.05) is 13.2 Å². The Labute approximate surface area is 178 Å². The van der Waals surface area contributed by atoms with Crippen LogP contribution in [0, 0.1) is 0 Å². The van der Waals surface area contributed by atoms with Crippen molar-refractivity contribution in [1.29, 1.82) is 0 Å². The quantitative estimate of drug-likeness (QED) is 0.449. The summed E-state index contributed by atoms with van der Waals surface area (Å²) in [6, 6.07) is 22.0. The lowest BCUT2D eigenvalue weighted by Crippen LogP contribution is -2.33. The minimum Gasteiger partial charge on any atom is -0.486 e. The fourth-order valence-corrected chi connectivity index (χ4v) is 3.73. The summed E-state index contributed by atoms with van der Waals surface area (Å²) in [6.45, 7) is 1.53. The lowest BCUT2D eigenvalue weighted by atomic mass is 10.0. The third-order valence-electron chi connectivity index (χ3n) is 4.54. The highest BCUT2D eigenvalue weighted by Gasteiger charge is 2.21. The van der Waals surface area contributed by atoms with E-state index in [-0.39, 0.29) is 6.10 Å². The summed E-state index contributed by atoms with van der Waals surface area (Å²) in [7, 11) is 0. The van der Waals surface area contributed by atoms with Gasteiger partial charge >= 0.3 is 0 Å². The lowest BCUT2D eigenvalue weighted by molar-refractivity contribution is 0.00267. The van der Waals surface area contributed by atoms with E-state index in [1.807, 2.05) is 66.7 Å². The van der Waals surface area contributed by atoms with Crippen LogP contribution in [0.15, 0.2) is 71.2 Å². The molecule has 0 radical (unpaired) electrons. The number of fused-ring (bicyclic) bond motifs is 1. The molecule has 1 aliphatic heterocycles. The Morgan fingerprint density at radius 1 is 0.964 bits per heavy atom. The Balaban J connectivity index is 1.39. The summed E-state index contributed by atoms with van der Waals surface area (Å²) in [6.07, 6.45) is 0.602. The molecule has 4 rings (SSSR count). The average molecular weight is 460 g/mol. The highest BCUT2D eigenvalue weighted by molar-refractivity contribution is 9.10. The normalized spacial score (nSPS) is 15.4. The van der Waals surface area contributed by atoms with E-state index in [0.717, 1.165) is 44.1 Å². The Kier molecular flexibility index (Phi) is 6.20. The van der Waals surface area contributed by atoms with Crippen molar-refractivity contribution in [3.8, 4) is 11.5 Å². The molecule has 0 fully saturated rings. The third kappa shape index (κ3) is 4.88. The maximum Gasteiger partial charge on any atom is 0.162 e. The maximum absolute atomic E-state index is 6.33. The Morgan fingerprint density at radius 3 is 2.68 bits per heavy atom. The van der Waals surface area contributed by atoms with Gasteiger partial charge in [0.2, 0.25) is 0 Å². The molecule has 1 unspecified atom stereocenters. The molecule has 0 aliphatic carbocycles. The summed E-state index contributed by atoms with van der Waals surface area (Å²) in [4.78, 5) is 0. The summed E-state index contributed by atoms with van der Waals surface area (Å²) in [5, 5.41) is 0.755. The zero-order valence-electron chi connectivity index (χ0n) is 15.2. The molecule has 0 bridgehead atoms. The van der Waals surface area contributed by atoms with E-state index in [9.17, 15) is 0 Å². The van der Waals surface area contributed by atoms with Crippen LogP contribution >= 0.6 is 27.5 Å². The molecule has 1 aliphatic rings. The fourth-order valence-electron chi connectivity index (χ4n) is 3.13. The maximum atomic E-state index is 6.33. The predicted octanol–water partition coefficient (Wildman–Crippen LogP) is 6.05. The minimum absolute atomic E-state index is 0.124. The molecule has 1 heterocycles. The highest BCUT2D eigenvalue weighted by atomic mass is 79.9. The van der Waals surface area contributed by atoms with Gasteiger partial charge in [-0.25, -0.2) is 0 Å². The average Bonchev–Trinajstić information content (AvgIpc) is 2.71. The molecule has 0 saturated heterocycles. The lowest BCUT2D eigenvalue weighted by Gasteiger charge is -2.27. The van der Waals surface area contributed by atoms with Crippen molar-refractivity contribution in [2.24, 2.45) is 0 Å². The second-order valence-corrected chi connectivity index (χ2v) is 8.07. The monoisotopic (exact) mass is 458 g/mol. The smallest absolute Gasteiger partial charge is 0.162 e. The van der Waals surface area contributed by atoms with Gasteiger partial charge in [-0.05, 0) is 53.4 Å². The predicted molar refractivity (Wildman–Crippen MR) is 114 cm³/mol. The van der Waals surface area contributed by atoms with E-state index < -0.39 is 0 Å². The minimum atomic E-state index is -0.124. The molecule has 28 heavy (non-hydrogen) atoms. The van der Waals surface area contributed by atoms with E-state index in [0.29, 0.717) is 19.8 Å². The number of halogens is 2. The van der Waals surface area contributed by atoms with Crippen LogP contribution in [0.3, 0.4) is 0 Å². The number of ether oxygens (including phenoxy) is 3. The molecule has 3 nitrogen and oxygen atoms in total. The molecule has 3 aromatic carbocycles. The van der Waals surface area contributed by atoms with Gasteiger partial charge in [0.1, 0.15) is 6.61 Å². The molecular formula is C23H20BrClO3. The van der Waals surface area contributed by atoms with Crippen molar-refractivity contribution in [1.82, 2.24) is 0 Å². The number of hydrogen-bond donors (Lipinski definition) is 0. The van der Waals surface area contributed by atoms with E-state index in [4.69, 9.17) is 25.8 Å². The van der Waals surface area contributed by atoms with Crippen LogP contribution in [0.2, 0.25) is 5.02 Å². The molecule has 1 atom stereocenters. The van der Waals surface area contributed by atoms with E-state index in [2.05, 4.69) is 15.9 Å². The van der Waals surface area contributed by atoms with E-state index in [1.54, 1.807) is 0 Å². The molecule has 0 aromatic heterocycles. The summed E-state index contributed by atoms with van der Waals surface area (Å²) in [5.41, 5.74) is 3.33. The van der Waals surface area contributed by atoms with E-state index >= 15 is 0 Å². The Hall–Kier alpha value is -2.01. The molecular weight excluding hydrogens is 440 g/mol. The summed E-state index contributed by atoms with van der Waals surface area (Å²) < 4.78 is 18.8. The number of benzene rings is 3. The summed E-state index contributed by atoms with van der Waals surface area (Å²) >= 11 is 9.83. The Bertz CT molecular complexity index is 946. The molecule has 3 aromatic rings. The van der Waals surface area contributed by atoms with Crippen LogP contribution in [0.25, 0.3) is 0 Å². The first-order valence-corrected chi connectivity index (χ1v) is 10.3. The first-order chi connectivity index (χ1) is 13.7. The van der Waals surface area contributed by atoms with Crippen LogP contribution in [-0.4, -0.2) is 19.3 Å². The zero-order chi connectivity index (χ0) is 19.3. The van der Waals surface area contributed by atoms with Gasteiger partial charge in [0.15, 0.2) is 17.6 Å². The van der Waals surface area contributed by atoms with Crippen LogP contribution < -0.4 is 9.47 Å². The first-order valence-electron chi connectivity index (χ1n) is 9.15. The van der Waals surface area contributed by atoms with Crippen LogP contribution in [0.4, 0.5) is 0 Å². The topological polar surface area (TPSA) is 27.7 Å². The molecule has 144 valence electrons. The molecule has 0 N–H and O–H groups in total. The van der Waals surface area contributed by atoms with Gasteiger partial charge in [-0.3, -0.25) is 0 Å². The van der Waals surface area contributed by atoms with Crippen LogP contribution in [0.1, 0.15) is 16.7 Å². The second-order valence-electron chi connectivity index (χ2n) is 6.75. The molecule has 0 saturated carbocycles.